The summed E-state index contributed by atoms with van der Waals surface area (Å²) in [5.41, 5.74) is 2.76. The quantitative estimate of drug-likeness (QED) is 0.300. The van der Waals surface area contributed by atoms with E-state index < -0.39 is 0 Å². The third-order valence-corrected chi connectivity index (χ3v) is 6.34. The number of benzene rings is 3. The molecule has 0 fully saturated rings. The van der Waals surface area contributed by atoms with E-state index in [1.165, 1.54) is 23.5 Å². The molecule has 0 saturated heterocycles. The number of hydrogen-bond acceptors (Lipinski definition) is 5. The largest absolute Gasteiger partial charge is 0.349 e. The first-order valence-corrected chi connectivity index (χ1v) is 11.3. The maximum absolute atomic E-state index is 12.7. The lowest BCUT2D eigenvalue weighted by molar-refractivity contribution is -0.119. The summed E-state index contributed by atoms with van der Waals surface area (Å²) in [7, 11) is 0. The number of aromatic nitrogens is 4. The molecule has 0 aliphatic rings. The Morgan fingerprint density at radius 3 is 2.62 bits per heavy atom. The van der Waals surface area contributed by atoms with E-state index in [0.29, 0.717) is 0 Å². The van der Waals surface area contributed by atoms with E-state index in [4.69, 9.17) is 0 Å². The van der Waals surface area contributed by atoms with Gasteiger partial charge in [-0.05, 0) is 35.4 Å². The highest BCUT2D eigenvalue weighted by atomic mass is 32.2. The molecule has 7 heteroatoms. The van der Waals surface area contributed by atoms with Gasteiger partial charge >= 0.3 is 0 Å². The summed E-state index contributed by atoms with van der Waals surface area (Å²) in [4.78, 5) is 21.5. The van der Waals surface area contributed by atoms with Gasteiger partial charge in [0.2, 0.25) is 5.91 Å². The second-order valence-corrected chi connectivity index (χ2v) is 8.42. The predicted octanol–water partition coefficient (Wildman–Crippen LogP) is 4.94. The number of thioether (sulfide) groups is 1. The van der Waals surface area contributed by atoms with Gasteiger partial charge < -0.3 is 5.32 Å². The van der Waals surface area contributed by atoms with E-state index in [1.54, 1.807) is 10.9 Å². The normalized spacial score (nSPS) is 12.2. The van der Waals surface area contributed by atoms with Crippen LogP contribution in [0.5, 0.6) is 0 Å². The van der Waals surface area contributed by atoms with Crippen molar-refractivity contribution in [3.63, 3.8) is 0 Å². The molecule has 158 valence electrons. The first-order valence-electron chi connectivity index (χ1n) is 10.3. The third kappa shape index (κ3) is 3.94. The summed E-state index contributed by atoms with van der Waals surface area (Å²) in [5.74, 6) is 0.218. The molecule has 0 spiro atoms. The van der Waals surface area contributed by atoms with Crippen LogP contribution >= 0.6 is 11.8 Å². The summed E-state index contributed by atoms with van der Waals surface area (Å²) in [6.07, 6.45) is 3.27. The van der Waals surface area contributed by atoms with Crippen molar-refractivity contribution in [3.8, 4) is 5.69 Å². The number of nitrogens with zero attached hydrogens (tertiary/aromatic N) is 4. The highest BCUT2D eigenvalue weighted by molar-refractivity contribution is 8.00. The molecule has 0 radical (unpaired) electrons. The van der Waals surface area contributed by atoms with Crippen molar-refractivity contribution >= 4 is 39.5 Å². The van der Waals surface area contributed by atoms with E-state index in [-0.39, 0.29) is 17.7 Å². The lowest BCUT2D eigenvalue weighted by Gasteiger charge is -2.16. The topological polar surface area (TPSA) is 72.7 Å². The van der Waals surface area contributed by atoms with Crippen molar-refractivity contribution in [2.24, 2.45) is 0 Å². The second-order valence-electron chi connectivity index (χ2n) is 7.45. The fraction of sp³-hybridized carbons (Fsp3) is 0.120. The minimum absolute atomic E-state index is 0.0438. The maximum Gasteiger partial charge on any atom is 0.230 e. The number of rotatable bonds is 6. The van der Waals surface area contributed by atoms with Gasteiger partial charge in [0, 0.05) is 0 Å². The fourth-order valence-corrected chi connectivity index (χ4v) is 4.59. The molecule has 1 unspecified atom stereocenters. The molecule has 0 saturated carbocycles. The number of fused-ring (bicyclic) bond motifs is 2. The van der Waals surface area contributed by atoms with Gasteiger partial charge in [0.25, 0.3) is 0 Å². The zero-order chi connectivity index (χ0) is 21.9. The van der Waals surface area contributed by atoms with Crippen LogP contribution in [0, 0.1) is 0 Å². The van der Waals surface area contributed by atoms with Gasteiger partial charge in [-0.25, -0.2) is 14.6 Å². The van der Waals surface area contributed by atoms with Crippen LogP contribution in [-0.2, 0) is 4.79 Å². The van der Waals surface area contributed by atoms with Crippen LogP contribution in [-0.4, -0.2) is 31.4 Å². The molecule has 32 heavy (non-hydrogen) atoms. The summed E-state index contributed by atoms with van der Waals surface area (Å²) in [5, 5.41) is 11.5. The fourth-order valence-electron chi connectivity index (χ4n) is 3.82. The van der Waals surface area contributed by atoms with Crippen LogP contribution < -0.4 is 5.32 Å². The van der Waals surface area contributed by atoms with Gasteiger partial charge in [0.15, 0.2) is 5.65 Å². The third-order valence-electron chi connectivity index (χ3n) is 5.34. The van der Waals surface area contributed by atoms with Gasteiger partial charge in [-0.15, -0.1) is 0 Å². The van der Waals surface area contributed by atoms with Crippen molar-refractivity contribution in [2.75, 3.05) is 5.75 Å². The van der Waals surface area contributed by atoms with Crippen LogP contribution in [0.1, 0.15) is 18.5 Å². The van der Waals surface area contributed by atoms with Crippen molar-refractivity contribution in [3.05, 3.63) is 90.9 Å². The highest BCUT2D eigenvalue weighted by Gasteiger charge is 2.15. The van der Waals surface area contributed by atoms with Crippen LogP contribution in [0.15, 0.2) is 90.3 Å². The molecular weight excluding hydrogens is 418 g/mol. The molecule has 0 bridgehead atoms. The molecule has 2 aromatic heterocycles. The first kappa shape index (κ1) is 20.2. The van der Waals surface area contributed by atoms with Gasteiger partial charge in [0.05, 0.1) is 29.1 Å². The van der Waals surface area contributed by atoms with Crippen molar-refractivity contribution in [1.29, 1.82) is 0 Å². The Hall–Kier alpha value is -3.71. The molecular formula is C25H21N5OS. The molecule has 5 rings (SSSR count). The molecule has 1 amide bonds. The summed E-state index contributed by atoms with van der Waals surface area (Å²) < 4.78 is 1.78. The Labute approximate surface area is 189 Å². The standard InChI is InChI=1S/C25H21N5OS/c1-17(20-13-7-9-18-8-5-6-12-21(18)20)29-23(31)15-32-25-22-14-28-30(24(22)26-16-27-25)19-10-3-2-4-11-19/h2-14,16-17H,15H2,1H3,(H,29,31). The summed E-state index contributed by atoms with van der Waals surface area (Å²) >= 11 is 1.39. The Morgan fingerprint density at radius 1 is 0.969 bits per heavy atom. The van der Waals surface area contributed by atoms with Crippen LogP contribution in [0.25, 0.3) is 27.5 Å². The minimum Gasteiger partial charge on any atom is -0.349 e. The van der Waals surface area contributed by atoms with Crippen molar-refractivity contribution in [1.82, 2.24) is 25.1 Å². The van der Waals surface area contributed by atoms with E-state index in [1.807, 2.05) is 55.5 Å². The summed E-state index contributed by atoms with van der Waals surface area (Å²) in [6.45, 7) is 2.01. The highest BCUT2D eigenvalue weighted by Crippen LogP contribution is 2.27. The summed E-state index contributed by atoms with van der Waals surface area (Å²) in [6, 6.07) is 24.1. The zero-order valence-electron chi connectivity index (χ0n) is 17.5. The SMILES string of the molecule is CC(NC(=O)CSc1ncnc2c1cnn2-c1ccccc1)c1cccc2ccccc12. The second kappa shape index (κ2) is 8.80. The van der Waals surface area contributed by atoms with E-state index in [9.17, 15) is 4.79 Å². The Balaban J connectivity index is 1.30. The van der Waals surface area contributed by atoms with Gasteiger partial charge in [-0.2, -0.15) is 5.10 Å². The molecule has 3 aromatic carbocycles. The van der Waals surface area contributed by atoms with Gasteiger partial charge in [-0.1, -0.05) is 72.4 Å². The van der Waals surface area contributed by atoms with E-state index in [0.717, 1.165) is 32.7 Å². The van der Waals surface area contributed by atoms with E-state index in [2.05, 4.69) is 44.6 Å². The lowest BCUT2D eigenvalue weighted by atomic mass is 10.00. The molecule has 1 atom stereocenters. The number of hydrogen-bond donors (Lipinski definition) is 1. The first-order chi connectivity index (χ1) is 15.7. The predicted molar refractivity (Wildman–Crippen MR) is 128 cm³/mol. The number of amides is 1. The van der Waals surface area contributed by atoms with Crippen LogP contribution in [0.4, 0.5) is 0 Å². The monoisotopic (exact) mass is 439 g/mol. The number of nitrogens with one attached hydrogen (secondary N) is 1. The Bertz CT molecular complexity index is 1390. The zero-order valence-corrected chi connectivity index (χ0v) is 18.3. The lowest BCUT2D eigenvalue weighted by Crippen LogP contribution is -2.28. The van der Waals surface area contributed by atoms with Crippen molar-refractivity contribution in [2.45, 2.75) is 18.0 Å². The number of carbonyl (C=O) groups excluding carboxylic acids is 1. The molecule has 0 aliphatic heterocycles. The smallest absolute Gasteiger partial charge is 0.230 e. The molecule has 6 nitrogen and oxygen atoms in total. The Morgan fingerprint density at radius 2 is 1.75 bits per heavy atom. The van der Waals surface area contributed by atoms with Crippen LogP contribution in [0.2, 0.25) is 0 Å². The average molecular weight is 440 g/mol. The van der Waals surface area contributed by atoms with E-state index >= 15 is 0 Å². The molecule has 2 heterocycles. The van der Waals surface area contributed by atoms with Crippen molar-refractivity contribution < 1.29 is 4.79 Å². The van der Waals surface area contributed by atoms with Crippen LogP contribution in [0.3, 0.4) is 0 Å². The maximum atomic E-state index is 12.7. The number of carbonyl (C=O) groups is 1. The minimum atomic E-state index is -0.0968. The van der Waals surface area contributed by atoms with Gasteiger partial charge in [0.1, 0.15) is 11.4 Å². The van der Waals surface area contributed by atoms with Gasteiger partial charge in [-0.3, -0.25) is 4.79 Å². The molecule has 0 aliphatic carbocycles. The Kier molecular flexibility index (Phi) is 5.56. The molecule has 5 aromatic rings. The molecule has 1 N–H and O–H groups in total. The average Bonchev–Trinajstić information content (AvgIpc) is 3.28. The number of para-hydroxylation sites is 1.